The Morgan fingerprint density at radius 3 is 2.86 bits per heavy atom. The van der Waals surface area contributed by atoms with E-state index in [9.17, 15) is 5.11 Å². The predicted octanol–water partition coefficient (Wildman–Crippen LogP) is 0.970. The van der Waals surface area contributed by atoms with E-state index in [-0.39, 0.29) is 0 Å². The molecule has 1 atom stereocenters. The molecule has 0 spiro atoms. The minimum atomic E-state index is -0.495. The molecule has 0 aromatic carbocycles. The number of aromatic nitrogens is 1. The second-order valence-corrected chi connectivity index (χ2v) is 4.30. The van der Waals surface area contributed by atoms with Crippen LogP contribution in [0.25, 0.3) is 0 Å². The summed E-state index contributed by atoms with van der Waals surface area (Å²) >= 11 is 0. The molecule has 2 rings (SSSR count). The van der Waals surface area contributed by atoms with Crippen LogP contribution in [-0.4, -0.2) is 16.2 Å². The van der Waals surface area contributed by atoms with Gasteiger partial charge in [-0.1, -0.05) is 0 Å². The summed E-state index contributed by atoms with van der Waals surface area (Å²) in [5.74, 6) is 0.848. The van der Waals surface area contributed by atoms with Crippen molar-refractivity contribution in [1.82, 2.24) is 4.57 Å². The molecule has 1 saturated carbocycles. The molecule has 3 nitrogen and oxygen atoms in total. The Balaban J connectivity index is 2.17. The maximum Gasteiger partial charge on any atom is 0.0929 e. The molecule has 14 heavy (non-hydrogen) atoms. The van der Waals surface area contributed by atoms with Crippen molar-refractivity contribution < 1.29 is 5.11 Å². The summed E-state index contributed by atoms with van der Waals surface area (Å²) in [6.07, 6.45) is 7.37. The zero-order valence-electron chi connectivity index (χ0n) is 8.61. The lowest BCUT2D eigenvalue weighted by molar-refractivity contribution is 0.185. The third-order valence-corrected chi connectivity index (χ3v) is 2.86. The summed E-state index contributed by atoms with van der Waals surface area (Å²) in [5.41, 5.74) is 7.76. The minimum Gasteiger partial charge on any atom is -0.387 e. The Kier molecular flexibility index (Phi) is 2.61. The smallest absolute Gasteiger partial charge is 0.0929 e. The van der Waals surface area contributed by atoms with E-state index in [4.69, 9.17) is 5.73 Å². The molecular formula is C11H18N2O. The SMILES string of the molecule is Cn1cc(CC2CC2)c(C(O)CN)c1. The summed E-state index contributed by atoms with van der Waals surface area (Å²) in [7, 11) is 1.99. The number of aliphatic hydroxyl groups excluding tert-OH is 1. The minimum absolute atomic E-state index is 0.307. The van der Waals surface area contributed by atoms with Gasteiger partial charge in [0.05, 0.1) is 6.10 Å². The number of rotatable bonds is 4. The van der Waals surface area contributed by atoms with E-state index in [0.717, 1.165) is 17.9 Å². The highest BCUT2D eigenvalue weighted by atomic mass is 16.3. The maximum atomic E-state index is 9.72. The highest BCUT2D eigenvalue weighted by molar-refractivity contribution is 5.28. The van der Waals surface area contributed by atoms with Crippen LogP contribution in [0.4, 0.5) is 0 Å². The van der Waals surface area contributed by atoms with Gasteiger partial charge < -0.3 is 15.4 Å². The van der Waals surface area contributed by atoms with Gasteiger partial charge in [-0.3, -0.25) is 0 Å². The molecule has 1 aromatic heterocycles. The topological polar surface area (TPSA) is 51.2 Å². The zero-order valence-corrected chi connectivity index (χ0v) is 8.61. The van der Waals surface area contributed by atoms with E-state index in [0.29, 0.717) is 6.54 Å². The lowest BCUT2D eigenvalue weighted by Gasteiger charge is -2.08. The molecule has 78 valence electrons. The Morgan fingerprint density at radius 1 is 1.57 bits per heavy atom. The first-order valence-corrected chi connectivity index (χ1v) is 5.23. The number of nitrogens with zero attached hydrogens (tertiary/aromatic N) is 1. The van der Waals surface area contributed by atoms with E-state index >= 15 is 0 Å². The van der Waals surface area contributed by atoms with Gasteiger partial charge in [-0.05, 0) is 30.7 Å². The van der Waals surface area contributed by atoms with Crippen molar-refractivity contribution in [2.45, 2.75) is 25.4 Å². The zero-order chi connectivity index (χ0) is 10.1. The summed E-state index contributed by atoms with van der Waals surface area (Å²) in [6, 6.07) is 0. The summed E-state index contributed by atoms with van der Waals surface area (Å²) in [5, 5.41) is 9.72. The Labute approximate surface area is 84.5 Å². The fraction of sp³-hybridized carbons (Fsp3) is 0.636. The lowest BCUT2D eigenvalue weighted by atomic mass is 10.0. The van der Waals surface area contributed by atoms with Crippen molar-refractivity contribution in [3.8, 4) is 0 Å². The molecule has 0 radical (unpaired) electrons. The van der Waals surface area contributed by atoms with Crippen molar-refractivity contribution in [3.63, 3.8) is 0 Å². The van der Waals surface area contributed by atoms with E-state index in [1.807, 2.05) is 17.8 Å². The molecule has 1 aliphatic rings. The first kappa shape index (κ1) is 9.74. The van der Waals surface area contributed by atoms with E-state index in [1.165, 1.54) is 18.4 Å². The van der Waals surface area contributed by atoms with Crippen LogP contribution in [-0.2, 0) is 13.5 Å². The Hall–Kier alpha value is -0.800. The number of aryl methyl sites for hydroxylation is 1. The van der Waals surface area contributed by atoms with Gasteiger partial charge in [0.25, 0.3) is 0 Å². The number of hydrogen-bond donors (Lipinski definition) is 2. The summed E-state index contributed by atoms with van der Waals surface area (Å²) < 4.78 is 2.01. The Bertz CT molecular complexity index is 315. The van der Waals surface area contributed by atoms with Gasteiger partial charge in [-0.25, -0.2) is 0 Å². The van der Waals surface area contributed by atoms with Crippen molar-refractivity contribution in [1.29, 1.82) is 0 Å². The summed E-state index contributed by atoms with van der Waals surface area (Å²) in [4.78, 5) is 0. The molecule has 3 heteroatoms. The van der Waals surface area contributed by atoms with Crippen LogP contribution in [0.1, 0.15) is 30.1 Å². The molecule has 1 heterocycles. The van der Waals surface area contributed by atoms with Crippen molar-refractivity contribution in [2.75, 3.05) is 6.54 Å². The van der Waals surface area contributed by atoms with Crippen LogP contribution < -0.4 is 5.73 Å². The molecular weight excluding hydrogens is 176 g/mol. The fourth-order valence-electron chi connectivity index (χ4n) is 1.89. The average molecular weight is 194 g/mol. The van der Waals surface area contributed by atoms with Crippen LogP contribution in [0.3, 0.4) is 0 Å². The standard InChI is InChI=1S/C11H18N2O/c1-13-6-9(4-8-2-3-8)10(7-13)11(14)5-12/h6-8,11,14H,2-5,12H2,1H3. The fourth-order valence-corrected chi connectivity index (χ4v) is 1.89. The normalized spacial score (nSPS) is 18.5. The molecule has 1 aromatic rings. The average Bonchev–Trinajstić information content (AvgIpc) is 2.89. The molecule has 0 amide bonds. The number of hydrogen-bond acceptors (Lipinski definition) is 2. The monoisotopic (exact) mass is 194 g/mol. The van der Waals surface area contributed by atoms with Crippen molar-refractivity contribution in [3.05, 3.63) is 23.5 Å². The quantitative estimate of drug-likeness (QED) is 0.750. The van der Waals surface area contributed by atoms with Gasteiger partial charge in [0.1, 0.15) is 0 Å². The molecule has 0 saturated heterocycles. The molecule has 0 aliphatic heterocycles. The van der Waals surface area contributed by atoms with Gasteiger partial charge in [0.2, 0.25) is 0 Å². The number of nitrogens with two attached hydrogens (primary N) is 1. The highest BCUT2D eigenvalue weighted by Gasteiger charge is 2.24. The van der Waals surface area contributed by atoms with Gasteiger partial charge in [-0.2, -0.15) is 0 Å². The van der Waals surface area contributed by atoms with Crippen LogP contribution >= 0.6 is 0 Å². The molecule has 1 fully saturated rings. The van der Waals surface area contributed by atoms with E-state index < -0.39 is 6.10 Å². The first-order valence-electron chi connectivity index (χ1n) is 5.23. The lowest BCUT2D eigenvalue weighted by Crippen LogP contribution is -2.12. The molecule has 1 aliphatic carbocycles. The van der Waals surface area contributed by atoms with Crippen LogP contribution in [0, 0.1) is 5.92 Å². The summed E-state index contributed by atoms with van der Waals surface area (Å²) in [6.45, 7) is 0.307. The first-order chi connectivity index (χ1) is 6.70. The van der Waals surface area contributed by atoms with Gasteiger partial charge in [0.15, 0.2) is 0 Å². The second kappa shape index (κ2) is 3.75. The number of aliphatic hydroxyl groups is 1. The highest BCUT2D eigenvalue weighted by Crippen LogP contribution is 2.34. The van der Waals surface area contributed by atoms with Gasteiger partial charge in [0, 0.05) is 31.5 Å². The maximum absolute atomic E-state index is 9.72. The van der Waals surface area contributed by atoms with E-state index in [2.05, 4.69) is 6.20 Å². The van der Waals surface area contributed by atoms with Crippen LogP contribution in [0.5, 0.6) is 0 Å². The molecule has 0 bridgehead atoms. The van der Waals surface area contributed by atoms with Gasteiger partial charge >= 0.3 is 0 Å². The Morgan fingerprint density at radius 2 is 2.29 bits per heavy atom. The predicted molar refractivity (Wildman–Crippen MR) is 55.9 cm³/mol. The molecule has 1 unspecified atom stereocenters. The van der Waals surface area contributed by atoms with Gasteiger partial charge in [-0.15, -0.1) is 0 Å². The van der Waals surface area contributed by atoms with Crippen molar-refractivity contribution in [2.24, 2.45) is 18.7 Å². The van der Waals surface area contributed by atoms with Crippen molar-refractivity contribution >= 4 is 0 Å². The third kappa shape index (κ3) is 1.99. The molecule has 3 N–H and O–H groups in total. The van der Waals surface area contributed by atoms with Crippen LogP contribution in [0.2, 0.25) is 0 Å². The second-order valence-electron chi connectivity index (χ2n) is 4.30. The third-order valence-electron chi connectivity index (χ3n) is 2.86. The largest absolute Gasteiger partial charge is 0.387 e. The van der Waals surface area contributed by atoms with Crippen LogP contribution in [0.15, 0.2) is 12.4 Å². The van der Waals surface area contributed by atoms with E-state index in [1.54, 1.807) is 0 Å².